The third-order valence-corrected chi connectivity index (χ3v) is 3.38. The molecule has 136 valence electrons. The van der Waals surface area contributed by atoms with Crippen LogP contribution in [-0.4, -0.2) is 32.3 Å². The normalized spacial score (nSPS) is 10.0. The van der Waals surface area contributed by atoms with Crippen molar-refractivity contribution >= 4 is 12.0 Å². The molecule has 0 aliphatic carbocycles. The average molecular weight is 337 g/mol. The topological polar surface area (TPSA) is 67.8 Å². The summed E-state index contributed by atoms with van der Waals surface area (Å²) in [7, 11) is 4.44. The lowest BCUT2D eigenvalue weighted by molar-refractivity contribution is -0.115. The lowest BCUT2D eigenvalue weighted by atomic mass is 10.1. The van der Waals surface area contributed by atoms with Gasteiger partial charge in [0, 0.05) is 13.1 Å². The van der Waals surface area contributed by atoms with Crippen molar-refractivity contribution in [1.29, 1.82) is 0 Å². The van der Waals surface area contributed by atoms with E-state index in [0.29, 0.717) is 17.1 Å². The first-order valence-electron chi connectivity index (χ1n) is 8.38. The molecule has 24 heavy (non-hydrogen) atoms. The smallest absolute Gasteiger partial charge is 0.243 e. The molecule has 1 aromatic carbocycles. The van der Waals surface area contributed by atoms with E-state index in [1.165, 1.54) is 52.4 Å². The van der Waals surface area contributed by atoms with Gasteiger partial charge in [-0.3, -0.25) is 4.79 Å². The van der Waals surface area contributed by atoms with Crippen LogP contribution in [-0.2, 0) is 4.79 Å². The zero-order chi connectivity index (χ0) is 18.4. The Morgan fingerprint density at radius 3 is 1.96 bits per heavy atom. The molecule has 0 aliphatic heterocycles. The maximum absolute atomic E-state index is 11.1. The first kappa shape index (κ1) is 21.8. The molecule has 1 rings (SSSR count). The number of hydrogen-bond donors (Lipinski definition) is 2. The van der Waals surface area contributed by atoms with Crippen LogP contribution in [0.5, 0.6) is 17.2 Å². The van der Waals surface area contributed by atoms with E-state index in [1.54, 1.807) is 25.3 Å². The number of likely N-dealkylation sites (N-methyl/N-ethyl adjacent to an activating group) is 1. The number of hydrogen-bond acceptors (Lipinski definition) is 4. The molecular formula is C19H31NO4. The van der Waals surface area contributed by atoms with Crippen molar-refractivity contribution in [2.75, 3.05) is 21.3 Å². The predicted molar refractivity (Wildman–Crippen MR) is 98.7 cm³/mol. The van der Waals surface area contributed by atoms with Gasteiger partial charge in [0.1, 0.15) is 0 Å². The van der Waals surface area contributed by atoms with Gasteiger partial charge in [-0.05, 0) is 23.8 Å². The zero-order valence-corrected chi connectivity index (χ0v) is 15.5. The van der Waals surface area contributed by atoms with Crippen LogP contribution in [0.1, 0.15) is 51.5 Å². The molecule has 0 saturated carbocycles. The van der Waals surface area contributed by atoms with Crippen molar-refractivity contribution in [3.05, 3.63) is 23.8 Å². The second kappa shape index (κ2) is 13.3. The van der Waals surface area contributed by atoms with Gasteiger partial charge < -0.3 is 19.9 Å². The lowest BCUT2D eigenvalue weighted by Gasteiger charge is -2.09. The average Bonchev–Trinajstić information content (AvgIpc) is 2.61. The Kier molecular flexibility index (Phi) is 12.1. The lowest BCUT2D eigenvalue weighted by Crippen LogP contribution is -2.13. The Labute approximate surface area is 145 Å². The fraction of sp³-hybridized carbons (Fsp3) is 0.526. The zero-order valence-electron chi connectivity index (χ0n) is 15.5. The molecule has 5 heteroatoms. The summed E-state index contributed by atoms with van der Waals surface area (Å²) < 4.78 is 9.99. The third kappa shape index (κ3) is 8.46. The Balaban J connectivity index is 0.000000640. The van der Waals surface area contributed by atoms with Crippen molar-refractivity contribution in [3.8, 4) is 17.2 Å². The van der Waals surface area contributed by atoms with Gasteiger partial charge in [-0.2, -0.15) is 0 Å². The Bertz CT molecular complexity index is 483. The van der Waals surface area contributed by atoms with Crippen LogP contribution >= 0.6 is 0 Å². The Morgan fingerprint density at radius 2 is 1.58 bits per heavy atom. The summed E-state index contributed by atoms with van der Waals surface area (Å²) in [6, 6.07) is 3.22. The highest BCUT2D eigenvalue weighted by molar-refractivity contribution is 5.91. The number of ether oxygens (including phenoxy) is 2. The summed E-state index contributed by atoms with van der Waals surface area (Å²) in [5.74, 6) is 0.310. The number of rotatable bonds is 8. The molecule has 0 spiro atoms. The van der Waals surface area contributed by atoms with Crippen molar-refractivity contribution < 1.29 is 19.4 Å². The summed E-state index contributed by atoms with van der Waals surface area (Å²) in [5.41, 5.74) is 0.695. The fourth-order valence-electron chi connectivity index (χ4n) is 1.94. The maximum atomic E-state index is 11.1. The number of benzene rings is 1. The summed E-state index contributed by atoms with van der Waals surface area (Å²) in [6.07, 6.45) is 9.99. The van der Waals surface area contributed by atoms with Crippen molar-refractivity contribution in [2.45, 2.75) is 46.0 Å². The van der Waals surface area contributed by atoms with Crippen LogP contribution in [0.3, 0.4) is 0 Å². The molecule has 1 amide bonds. The van der Waals surface area contributed by atoms with Crippen LogP contribution < -0.4 is 14.8 Å². The minimum atomic E-state index is -0.212. The molecular weight excluding hydrogens is 306 g/mol. The number of methoxy groups -OCH3 is 2. The number of carbonyl (C=O) groups excluding carboxylic acids is 1. The summed E-state index contributed by atoms with van der Waals surface area (Å²) in [4.78, 5) is 11.1. The monoisotopic (exact) mass is 337 g/mol. The molecule has 0 aliphatic rings. The molecule has 5 nitrogen and oxygen atoms in total. The van der Waals surface area contributed by atoms with E-state index in [0.717, 1.165) is 0 Å². The molecule has 0 bridgehead atoms. The van der Waals surface area contributed by atoms with Crippen LogP contribution in [0.2, 0.25) is 0 Å². The largest absolute Gasteiger partial charge is 0.502 e. The van der Waals surface area contributed by atoms with Crippen LogP contribution in [0.4, 0.5) is 0 Å². The quantitative estimate of drug-likeness (QED) is 0.552. The van der Waals surface area contributed by atoms with Gasteiger partial charge in [-0.1, -0.05) is 46.0 Å². The van der Waals surface area contributed by atoms with E-state index < -0.39 is 0 Å². The highest BCUT2D eigenvalue weighted by Crippen LogP contribution is 2.37. The van der Waals surface area contributed by atoms with E-state index >= 15 is 0 Å². The summed E-state index contributed by atoms with van der Waals surface area (Å²) >= 11 is 0. The number of unbranched alkanes of at least 4 members (excludes halogenated alkanes) is 4. The SMILES string of the molecule is CCCCCCC.CNC(=O)/C=C/c1cc(OC)c(O)c(OC)c1. The number of phenols is 1. The maximum Gasteiger partial charge on any atom is 0.243 e. The Hall–Kier alpha value is -2.17. The van der Waals surface area contributed by atoms with Gasteiger partial charge in [0.25, 0.3) is 0 Å². The first-order valence-corrected chi connectivity index (χ1v) is 8.38. The standard InChI is InChI=1S/C12H15NO4.C7H16/c1-13-11(14)5-4-8-6-9(16-2)12(15)10(7-8)17-3;1-3-5-7-6-4-2/h4-7,15H,1-3H3,(H,13,14);3-7H2,1-2H3/b5-4+;. The van der Waals surface area contributed by atoms with Crippen LogP contribution in [0, 0.1) is 0 Å². The highest BCUT2D eigenvalue weighted by atomic mass is 16.5. The van der Waals surface area contributed by atoms with Crippen molar-refractivity contribution in [3.63, 3.8) is 0 Å². The molecule has 0 heterocycles. The third-order valence-electron chi connectivity index (χ3n) is 3.38. The number of aromatic hydroxyl groups is 1. The molecule has 0 fully saturated rings. The molecule has 0 unspecified atom stereocenters. The van der Waals surface area contributed by atoms with E-state index in [4.69, 9.17) is 9.47 Å². The second-order valence-electron chi connectivity index (χ2n) is 5.28. The van der Waals surface area contributed by atoms with E-state index in [-0.39, 0.29) is 11.7 Å². The van der Waals surface area contributed by atoms with Crippen molar-refractivity contribution in [2.24, 2.45) is 0 Å². The van der Waals surface area contributed by atoms with Gasteiger partial charge in [0.05, 0.1) is 14.2 Å². The van der Waals surface area contributed by atoms with E-state index in [1.807, 2.05) is 0 Å². The Morgan fingerprint density at radius 1 is 1.08 bits per heavy atom. The van der Waals surface area contributed by atoms with Gasteiger partial charge in [0.2, 0.25) is 11.7 Å². The fourth-order valence-corrected chi connectivity index (χ4v) is 1.94. The molecule has 0 saturated heterocycles. The molecule has 1 aromatic rings. The number of phenolic OH excluding ortho intramolecular Hbond substituents is 1. The molecule has 0 radical (unpaired) electrons. The van der Waals surface area contributed by atoms with Gasteiger partial charge >= 0.3 is 0 Å². The summed E-state index contributed by atoms with van der Waals surface area (Å²) in [5, 5.41) is 12.1. The van der Waals surface area contributed by atoms with Gasteiger partial charge in [0.15, 0.2) is 11.5 Å². The predicted octanol–water partition coefficient (Wildman–Crippen LogP) is 4.15. The number of nitrogens with one attached hydrogen (secondary N) is 1. The minimum Gasteiger partial charge on any atom is -0.502 e. The van der Waals surface area contributed by atoms with Crippen LogP contribution in [0.15, 0.2) is 18.2 Å². The minimum absolute atomic E-state index is 0.0629. The molecule has 0 aromatic heterocycles. The van der Waals surface area contributed by atoms with E-state index in [2.05, 4.69) is 19.2 Å². The first-order chi connectivity index (χ1) is 11.5. The second-order valence-corrected chi connectivity index (χ2v) is 5.28. The number of carbonyl (C=O) groups is 1. The van der Waals surface area contributed by atoms with E-state index in [9.17, 15) is 9.90 Å². The molecule has 0 atom stereocenters. The van der Waals surface area contributed by atoms with Crippen molar-refractivity contribution in [1.82, 2.24) is 5.32 Å². The number of amides is 1. The summed E-state index contributed by atoms with van der Waals surface area (Å²) in [6.45, 7) is 4.49. The van der Waals surface area contributed by atoms with Gasteiger partial charge in [-0.15, -0.1) is 0 Å². The molecule has 2 N–H and O–H groups in total. The van der Waals surface area contributed by atoms with Crippen LogP contribution in [0.25, 0.3) is 6.08 Å². The van der Waals surface area contributed by atoms with Gasteiger partial charge in [-0.25, -0.2) is 0 Å². The highest BCUT2D eigenvalue weighted by Gasteiger charge is 2.09.